The standard InChI is InChI=1S/C56H69N6O11P/c1-52(2,71-49-46(60-24-11-14-43(60)63)37-28-34(31-57)17-20-40(37)68-53(49,3)4)23-27-67-56(9,10)74(66,72-50-47(61-25-12-15-44(61)64)38-29-35(32-58)18-21-41(38)69-54(50,5)6)73-51-48(62-26-13-16-45(62)65)39-30-36(33-59)19-22-42(39)70-55(51,7)8/h17-22,28-30,44,46-51,64H,11-16,23-27H2,1-10H3/t44?,46-,47-,48-,49+,50+,51+,74?/m0/s1. The molecule has 1 N–H and O–H groups in total. The van der Waals surface area contributed by atoms with Gasteiger partial charge in [-0.3, -0.25) is 28.1 Å². The molecule has 8 atom stereocenters. The maximum absolute atomic E-state index is 17.0. The van der Waals surface area contributed by atoms with E-state index < -0.39 is 78.0 Å². The molecule has 2 amide bonds. The van der Waals surface area contributed by atoms with Crippen molar-refractivity contribution in [3.05, 3.63) is 88.0 Å². The van der Waals surface area contributed by atoms with E-state index in [2.05, 4.69) is 18.2 Å². The second-order valence-electron chi connectivity index (χ2n) is 23.2. The summed E-state index contributed by atoms with van der Waals surface area (Å²) >= 11 is 0. The smallest absolute Gasteiger partial charge is 0.362 e. The molecule has 74 heavy (non-hydrogen) atoms. The molecule has 3 saturated heterocycles. The fourth-order valence-corrected chi connectivity index (χ4v) is 13.8. The highest BCUT2D eigenvalue weighted by molar-refractivity contribution is 7.55. The molecular weight excluding hydrogens is 964 g/mol. The Bertz CT molecular complexity index is 2880. The minimum absolute atomic E-state index is 0.00728. The highest BCUT2D eigenvalue weighted by atomic mass is 31.2. The molecule has 3 aromatic rings. The minimum Gasteiger partial charge on any atom is -0.485 e. The summed E-state index contributed by atoms with van der Waals surface area (Å²) in [5.41, 5.74) is -1.43. The normalized spacial score (nSPS) is 27.8. The lowest BCUT2D eigenvalue weighted by molar-refractivity contribution is -0.188. The molecule has 0 saturated carbocycles. The van der Waals surface area contributed by atoms with Gasteiger partial charge in [0, 0.05) is 49.2 Å². The van der Waals surface area contributed by atoms with Gasteiger partial charge in [0.25, 0.3) is 0 Å². The van der Waals surface area contributed by atoms with Crippen LogP contribution in [0.2, 0.25) is 0 Å². The summed E-state index contributed by atoms with van der Waals surface area (Å²) in [5.74, 6) is 1.39. The van der Waals surface area contributed by atoms with Crippen molar-refractivity contribution in [2.75, 3.05) is 26.2 Å². The zero-order chi connectivity index (χ0) is 53.3. The Morgan fingerprint density at radius 1 is 0.649 bits per heavy atom. The van der Waals surface area contributed by atoms with Gasteiger partial charge in [0.15, 0.2) is 5.34 Å². The van der Waals surface area contributed by atoms with Gasteiger partial charge in [0.2, 0.25) is 11.8 Å². The number of rotatable bonds is 14. The van der Waals surface area contributed by atoms with E-state index in [1.807, 2.05) is 51.3 Å². The number of nitriles is 3. The van der Waals surface area contributed by atoms with Gasteiger partial charge >= 0.3 is 7.60 Å². The summed E-state index contributed by atoms with van der Waals surface area (Å²) in [7, 11) is -4.78. The average Bonchev–Trinajstić information content (AvgIpc) is 4.09. The predicted octanol–water partition coefficient (Wildman–Crippen LogP) is 9.27. The third-order valence-electron chi connectivity index (χ3n) is 15.7. The van der Waals surface area contributed by atoms with Crippen LogP contribution in [-0.2, 0) is 32.7 Å². The fraction of sp³-hybridized carbons (Fsp3) is 0.589. The average molecular weight is 1030 g/mol. The molecule has 0 spiro atoms. The predicted molar refractivity (Wildman–Crippen MR) is 271 cm³/mol. The van der Waals surface area contributed by atoms with Crippen molar-refractivity contribution in [2.45, 2.75) is 185 Å². The Kier molecular flexibility index (Phi) is 14.1. The van der Waals surface area contributed by atoms with Crippen molar-refractivity contribution >= 4 is 19.4 Å². The van der Waals surface area contributed by atoms with E-state index in [0.29, 0.717) is 109 Å². The lowest BCUT2D eigenvalue weighted by Crippen LogP contribution is -2.57. The monoisotopic (exact) mass is 1030 g/mol. The summed E-state index contributed by atoms with van der Waals surface area (Å²) in [4.78, 5) is 32.8. The molecule has 0 radical (unpaired) electrons. The summed E-state index contributed by atoms with van der Waals surface area (Å²) in [5, 5.41) is 39.9. The molecule has 3 fully saturated rings. The largest absolute Gasteiger partial charge is 0.485 e. The third-order valence-corrected chi connectivity index (χ3v) is 18.1. The van der Waals surface area contributed by atoms with Crippen LogP contribution in [0.4, 0.5) is 0 Å². The van der Waals surface area contributed by atoms with Crippen molar-refractivity contribution in [2.24, 2.45) is 0 Å². The molecule has 9 rings (SSSR count). The molecule has 6 aliphatic rings. The Labute approximate surface area is 434 Å². The molecule has 6 heterocycles. The number of aliphatic hydroxyl groups is 1. The first-order valence-electron chi connectivity index (χ1n) is 25.8. The van der Waals surface area contributed by atoms with Gasteiger partial charge < -0.3 is 38.6 Å². The second kappa shape index (κ2) is 19.5. The maximum atomic E-state index is 17.0. The number of benzene rings is 3. The summed E-state index contributed by atoms with van der Waals surface area (Å²) in [6.45, 7) is 19.6. The van der Waals surface area contributed by atoms with E-state index in [9.17, 15) is 30.5 Å². The molecule has 0 bridgehead atoms. The molecule has 6 aliphatic heterocycles. The molecule has 17 nitrogen and oxygen atoms in total. The fourth-order valence-electron chi connectivity index (χ4n) is 11.7. The van der Waals surface area contributed by atoms with Crippen LogP contribution in [-0.4, -0.2) is 110 Å². The van der Waals surface area contributed by atoms with Crippen LogP contribution in [0.15, 0.2) is 54.6 Å². The first kappa shape index (κ1) is 53.3. The number of nitrogens with zero attached hydrogens (tertiary/aromatic N) is 6. The minimum atomic E-state index is -4.78. The number of hydrogen-bond donors (Lipinski definition) is 1. The van der Waals surface area contributed by atoms with Crippen molar-refractivity contribution in [1.29, 1.82) is 15.8 Å². The number of carbonyl (C=O) groups is 2. The van der Waals surface area contributed by atoms with Gasteiger partial charge in [-0.25, -0.2) is 0 Å². The van der Waals surface area contributed by atoms with Crippen LogP contribution in [0.5, 0.6) is 17.2 Å². The molecule has 394 valence electrons. The van der Waals surface area contributed by atoms with Crippen molar-refractivity contribution < 1.29 is 52.0 Å². The lowest BCUT2D eigenvalue weighted by atomic mass is 9.84. The van der Waals surface area contributed by atoms with Crippen LogP contribution >= 0.6 is 7.60 Å². The van der Waals surface area contributed by atoms with E-state index in [0.717, 1.165) is 0 Å². The van der Waals surface area contributed by atoms with Crippen molar-refractivity contribution in [3.8, 4) is 35.5 Å². The van der Waals surface area contributed by atoms with Gasteiger partial charge in [-0.2, -0.15) is 15.8 Å². The number of aliphatic hydroxyl groups excluding tert-OH is 1. The zero-order valence-electron chi connectivity index (χ0n) is 44.2. The van der Waals surface area contributed by atoms with Crippen LogP contribution in [0.3, 0.4) is 0 Å². The number of likely N-dealkylation sites (tertiary alicyclic amines) is 3. The summed E-state index contributed by atoms with van der Waals surface area (Å²) in [6.07, 6.45) is -0.494. The third kappa shape index (κ3) is 9.80. The van der Waals surface area contributed by atoms with Gasteiger partial charge in [-0.05, 0) is 156 Å². The van der Waals surface area contributed by atoms with E-state index >= 15 is 4.57 Å². The van der Waals surface area contributed by atoms with E-state index in [-0.39, 0.29) is 24.8 Å². The second-order valence-corrected chi connectivity index (χ2v) is 25.7. The number of fused-ring (bicyclic) bond motifs is 3. The number of carbonyl (C=O) groups excluding carboxylic acids is 2. The number of ether oxygens (including phenoxy) is 5. The molecule has 0 aliphatic carbocycles. The zero-order valence-corrected chi connectivity index (χ0v) is 45.1. The number of hydrogen-bond acceptors (Lipinski definition) is 15. The first-order chi connectivity index (χ1) is 34.8. The Hall–Kier alpha value is -5.54. The van der Waals surface area contributed by atoms with Crippen LogP contribution in [0, 0.1) is 34.0 Å². The lowest BCUT2D eigenvalue weighted by Gasteiger charge is -2.52. The van der Waals surface area contributed by atoms with Gasteiger partial charge in [-0.1, -0.05) is 0 Å². The maximum Gasteiger partial charge on any atom is 0.362 e. The molecule has 3 aromatic carbocycles. The molecular formula is C56H69N6O11P. The van der Waals surface area contributed by atoms with Gasteiger partial charge in [0.1, 0.15) is 58.6 Å². The highest BCUT2D eigenvalue weighted by Gasteiger charge is 2.60. The van der Waals surface area contributed by atoms with E-state index in [1.54, 1.807) is 87.2 Å². The van der Waals surface area contributed by atoms with Crippen LogP contribution in [0.25, 0.3) is 0 Å². The topological polar surface area (TPSA) is 217 Å². The van der Waals surface area contributed by atoms with Crippen molar-refractivity contribution in [3.63, 3.8) is 0 Å². The van der Waals surface area contributed by atoms with Gasteiger partial charge in [-0.15, -0.1) is 0 Å². The van der Waals surface area contributed by atoms with Crippen LogP contribution in [0.1, 0.15) is 166 Å². The first-order valence-corrected chi connectivity index (χ1v) is 27.4. The van der Waals surface area contributed by atoms with Gasteiger partial charge in [0.05, 0.1) is 65.2 Å². The quantitative estimate of drug-likeness (QED) is 0.149. The van der Waals surface area contributed by atoms with Crippen molar-refractivity contribution in [1.82, 2.24) is 14.7 Å². The van der Waals surface area contributed by atoms with E-state index in [1.165, 1.54) is 0 Å². The Morgan fingerprint density at radius 2 is 1.07 bits per heavy atom. The molecule has 18 heteroatoms. The Morgan fingerprint density at radius 3 is 1.47 bits per heavy atom. The Balaban J connectivity index is 1.09. The molecule has 0 aromatic heterocycles. The molecule has 2 unspecified atom stereocenters. The van der Waals surface area contributed by atoms with Crippen LogP contribution < -0.4 is 14.2 Å². The summed E-state index contributed by atoms with van der Waals surface area (Å²) in [6, 6.07) is 19.9. The highest BCUT2D eigenvalue weighted by Crippen LogP contribution is 2.67. The van der Waals surface area contributed by atoms with E-state index in [4.69, 9.17) is 32.7 Å². The summed E-state index contributed by atoms with van der Waals surface area (Å²) < 4.78 is 65.3. The SMILES string of the molecule is CC(C)(CCOC(C)(C)P(=O)(O[C@@H]1[C@@H](N2CCCC2=O)c2cc(C#N)ccc2OC1(C)C)O[C@@H]1[C@@H](N2CCCC2O)c2cc(C#N)ccc2OC1(C)C)O[C@@H]1[C@@H](N2CCCC2=O)c2cc(C#N)ccc2OC1(C)C. The number of amides is 2.